The van der Waals surface area contributed by atoms with Gasteiger partial charge in [-0.05, 0) is 42.9 Å². The predicted octanol–water partition coefficient (Wildman–Crippen LogP) is 2.31. The quantitative estimate of drug-likeness (QED) is 0.939. The molecule has 1 aromatic carbocycles. The van der Waals surface area contributed by atoms with Crippen LogP contribution in [0.5, 0.6) is 0 Å². The lowest BCUT2D eigenvalue weighted by Gasteiger charge is -2.31. The highest BCUT2D eigenvalue weighted by Gasteiger charge is 2.26. The second-order valence-corrected chi connectivity index (χ2v) is 6.79. The van der Waals surface area contributed by atoms with E-state index in [0.29, 0.717) is 0 Å². The van der Waals surface area contributed by atoms with Gasteiger partial charge in [0.1, 0.15) is 18.0 Å². The summed E-state index contributed by atoms with van der Waals surface area (Å²) in [6.45, 7) is 5.23. The number of aliphatic hydroxyl groups excluding tert-OH is 1. The Kier molecular flexibility index (Phi) is 4.10. The van der Waals surface area contributed by atoms with Crippen molar-refractivity contribution in [1.29, 1.82) is 0 Å². The Labute approximate surface area is 143 Å². The van der Waals surface area contributed by atoms with Crippen LogP contribution in [0.4, 0.5) is 11.6 Å². The summed E-state index contributed by atoms with van der Waals surface area (Å²) in [5.74, 6) is 1.92. The molecule has 2 aliphatic rings. The highest BCUT2D eigenvalue weighted by molar-refractivity contribution is 5.53. The van der Waals surface area contributed by atoms with Crippen molar-refractivity contribution in [3.8, 4) is 0 Å². The maximum atomic E-state index is 9.56. The third-order valence-corrected chi connectivity index (χ3v) is 5.34. The molecular weight excluding hydrogens is 300 g/mol. The first kappa shape index (κ1) is 15.4. The van der Waals surface area contributed by atoms with E-state index in [2.05, 4.69) is 51.0 Å². The Bertz CT molecular complexity index is 733. The first-order chi connectivity index (χ1) is 11.8. The van der Waals surface area contributed by atoms with E-state index in [4.69, 9.17) is 0 Å². The first-order valence-electron chi connectivity index (χ1n) is 8.78. The minimum Gasteiger partial charge on any atom is -0.394 e. The van der Waals surface area contributed by atoms with Gasteiger partial charge in [0.15, 0.2) is 0 Å². The van der Waals surface area contributed by atoms with Crippen LogP contribution in [0.15, 0.2) is 30.6 Å². The predicted molar refractivity (Wildman–Crippen MR) is 95.4 cm³/mol. The molecule has 0 aliphatic carbocycles. The second kappa shape index (κ2) is 6.40. The summed E-state index contributed by atoms with van der Waals surface area (Å²) in [6.07, 6.45) is 4.86. The summed E-state index contributed by atoms with van der Waals surface area (Å²) in [6, 6.07) is 8.82. The number of nitrogens with zero attached hydrogens (tertiary/aromatic N) is 4. The zero-order chi connectivity index (χ0) is 16.5. The van der Waals surface area contributed by atoms with E-state index in [1.165, 1.54) is 16.7 Å². The van der Waals surface area contributed by atoms with Gasteiger partial charge in [0, 0.05) is 25.7 Å². The number of rotatable bonds is 3. The molecule has 1 aromatic heterocycles. The molecule has 5 nitrogen and oxygen atoms in total. The maximum absolute atomic E-state index is 9.56. The van der Waals surface area contributed by atoms with Crippen LogP contribution in [0.3, 0.4) is 0 Å². The molecule has 3 heterocycles. The molecular formula is C19H24N4O. The lowest BCUT2D eigenvalue weighted by Crippen LogP contribution is -2.34. The van der Waals surface area contributed by atoms with Crippen molar-refractivity contribution in [2.75, 3.05) is 29.5 Å². The Morgan fingerprint density at radius 3 is 2.96 bits per heavy atom. The largest absolute Gasteiger partial charge is 0.394 e. The van der Waals surface area contributed by atoms with Crippen molar-refractivity contribution in [3.63, 3.8) is 0 Å². The van der Waals surface area contributed by atoms with E-state index < -0.39 is 0 Å². The Morgan fingerprint density at radius 2 is 2.08 bits per heavy atom. The third kappa shape index (κ3) is 2.73. The zero-order valence-electron chi connectivity index (χ0n) is 14.1. The minimum absolute atomic E-state index is 0.190. The van der Waals surface area contributed by atoms with Gasteiger partial charge < -0.3 is 14.9 Å². The van der Waals surface area contributed by atoms with Crippen LogP contribution in [-0.2, 0) is 13.0 Å². The molecule has 24 heavy (non-hydrogen) atoms. The van der Waals surface area contributed by atoms with Gasteiger partial charge >= 0.3 is 0 Å². The molecule has 0 radical (unpaired) electrons. The van der Waals surface area contributed by atoms with Crippen molar-refractivity contribution in [3.05, 3.63) is 47.3 Å². The highest BCUT2D eigenvalue weighted by atomic mass is 16.3. The number of aromatic nitrogens is 2. The lowest BCUT2D eigenvalue weighted by atomic mass is 9.95. The monoisotopic (exact) mass is 324 g/mol. The molecule has 0 unspecified atom stereocenters. The van der Waals surface area contributed by atoms with E-state index >= 15 is 0 Å². The molecule has 4 rings (SSSR count). The topological polar surface area (TPSA) is 52.5 Å². The van der Waals surface area contributed by atoms with E-state index in [1.54, 1.807) is 6.33 Å². The third-order valence-electron chi connectivity index (χ3n) is 5.34. The minimum atomic E-state index is 0.190. The van der Waals surface area contributed by atoms with Crippen molar-refractivity contribution in [2.24, 2.45) is 0 Å². The van der Waals surface area contributed by atoms with Gasteiger partial charge in [0.2, 0.25) is 0 Å². The molecule has 0 bridgehead atoms. The summed E-state index contributed by atoms with van der Waals surface area (Å²) >= 11 is 0. The fourth-order valence-corrected chi connectivity index (χ4v) is 3.99. The highest BCUT2D eigenvalue weighted by Crippen LogP contribution is 2.29. The average molecular weight is 324 g/mol. The van der Waals surface area contributed by atoms with Gasteiger partial charge in [-0.2, -0.15) is 0 Å². The fraction of sp³-hybridized carbons (Fsp3) is 0.474. The van der Waals surface area contributed by atoms with Crippen LogP contribution >= 0.6 is 0 Å². The van der Waals surface area contributed by atoms with E-state index in [-0.39, 0.29) is 12.6 Å². The van der Waals surface area contributed by atoms with E-state index in [0.717, 1.165) is 50.5 Å². The van der Waals surface area contributed by atoms with Gasteiger partial charge in [-0.25, -0.2) is 9.97 Å². The molecule has 5 heteroatoms. The second-order valence-electron chi connectivity index (χ2n) is 6.79. The van der Waals surface area contributed by atoms with Crippen LogP contribution in [0, 0.1) is 6.92 Å². The van der Waals surface area contributed by atoms with E-state index in [1.807, 2.05) is 0 Å². The standard InChI is InChI=1S/C19H24N4O/c1-14-4-2-5-15-11-22(9-7-17(14)15)18-10-19(21-13-20-18)23-8-3-6-16(23)12-24/h2,4-5,10,13,16,24H,3,6-9,11-12H2,1H3/t16-/m0/s1. The molecule has 0 saturated carbocycles. The van der Waals surface area contributed by atoms with Gasteiger partial charge in [0.25, 0.3) is 0 Å². The summed E-state index contributed by atoms with van der Waals surface area (Å²) in [4.78, 5) is 13.5. The normalized spacial score (nSPS) is 20.3. The Morgan fingerprint density at radius 1 is 1.21 bits per heavy atom. The molecule has 1 fully saturated rings. The van der Waals surface area contributed by atoms with Crippen LogP contribution in [0.1, 0.15) is 29.5 Å². The van der Waals surface area contributed by atoms with Crippen LogP contribution in [0.25, 0.3) is 0 Å². The van der Waals surface area contributed by atoms with Gasteiger partial charge in [-0.15, -0.1) is 0 Å². The molecule has 1 atom stereocenters. The van der Waals surface area contributed by atoms with Gasteiger partial charge in [-0.3, -0.25) is 0 Å². The summed E-state index contributed by atoms with van der Waals surface area (Å²) in [5.41, 5.74) is 4.28. The number of fused-ring (bicyclic) bond motifs is 1. The maximum Gasteiger partial charge on any atom is 0.134 e. The van der Waals surface area contributed by atoms with Crippen LogP contribution in [0.2, 0.25) is 0 Å². The van der Waals surface area contributed by atoms with Gasteiger partial charge in [-0.1, -0.05) is 18.2 Å². The van der Waals surface area contributed by atoms with Crippen LogP contribution in [-0.4, -0.2) is 40.8 Å². The number of hydrogen-bond acceptors (Lipinski definition) is 5. The van der Waals surface area contributed by atoms with Crippen LogP contribution < -0.4 is 9.80 Å². The summed E-state index contributed by atoms with van der Waals surface area (Å²) in [7, 11) is 0. The van der Waals surface area contributed by atoms with Gasteiger partial charge in [0.05, 0.1) is 12.6 Å². The van der Waals surface area contributed by atoms with E-state index in [9.17, 15) is 5.11 Å². The van der Waals surface area contributed by atoms with Crippen molar-refractivity contribution in [1.82, 2.24) is 9.97 Å². The molecule has 0 amide bonds. The Balaban J connectivity index is 1.58. The molecule has 1 N–H and O–H groups in total. The average Bonchev–Trinajstić information content (AvgIpc) is 3.10. The molecule has 2 aliphatic heterocycles. The van der Waals surface area contributed by atoms with Crippen molar-refractivity contribution in [2.45, 2.75) is 38.8 Å². The number of anilines is 2. The molecule has 1 saturated heterocycles. The zero-order valence-corrected chi connectivity index (χ0v) is 14.1. The smallest absolute Gasteiger partial charge is 0.134 e. The SMILES string of the molecule is Cc1cccc2c1CCN(c1cc(N3CCC[C@H]3CO)ncn1)C2. The number of benzene rings is 1. The summed E-state index contributed by atoms with van der Waals surface area (Å²) in [5, 5.41) is 9.56. The molecule has 0 spiro atoms. The number of hydrogen-bond donors (Lipinski definition) is 1. The number of aryl methyl sites for hydroxylation is 1. The molecule has 2 aromatic rings. The van der Waals surface area contributed by atoms with Crippen molar-refractivity contribution >= 4 is 11.6 Å². The Hall–Kier alpha value is -2.14. The first-order valence-corrected chi connectivity index (χ1v) is 8.78. The summed E-state index contributed by atoms with van der Waals surface area (Å²) < 4.78 is 0. The number of aliphatic hydroxyl groups is 1. The fourth-order valence-electron chi connectivity index (χ4n) is 3.99. The molecule has 126 valence electrons. The van der Waals surface area contributed by atoms with Crippen molar-refractivity contribution < 1.29 is 5.11 Å². The lowest BCUT2D eigenvalue weighted by molar-refractivity contribution is 0.266.